The van der Waals surface area contributed by atoms with Crippen LogP contribution in [0.4, 0.5) is 0 Å². The monoisotopic (exact) mass is 302 g/mol. The van der Waals surface area contributed by atoms with Crippen molar-refractivity contribution in [3.05, 3.63) is 109 Å². The van der Waals surface area contributed by atoms with Crippen LogP contribution in [-0.4, -0.2) is 0 Å². The maximum atomic E-state index is 4.35. The predicted molar refractivity (Wildman–Crippen MR) is 102 cm³/mol. The highest BCUT2D eigenvalue weighted by Crippen LogP contribution is 2.47. The standard InChI is InChI=1S/C23H26/c1-5-7-8-9-10-11-14-20(4)23(19(3)6-2)17-21-15-12-13-16-22(21)18-23/h5-6,9-16H,1-4,7-8,17-18H2/b10-9-,14-11-. The Morgan fingerprint density at radius 2 is 1.61 bits per heavy atom. The smallest absolute Gasteiger partial charge is 0.0271 e. The molecule has 1 aromatic carbocycles. The van der Waals surface area contributed by atoms with E-state index in [1.807, 2.05) is 12.2 Å². The van der Waals surface area contributed by atoms with Gasteiger partial charge in [-0.05, 0) is 48.0 Å². The van der Waals surface area contributed by atoms with E-state index in [9.17, 15) is 0 Å². The molecule has 0 atom stereocenters. The van der Waals surface area contributed by atoms with Crippen molar-refractivity contribution in [3.8, 4) is 0 Å². The second kappa shape index (κ2) is 7.78. The van der Waals surface area contributed by atoms with E-state index in [-0.39, 0.29) is 5.41 Å². The Balaban J connectivity index is 2.18. The van der Waals surface area contributed by atoms with E-state index in [2.05, 4.69) is 74.9 Å². The molecule has 0 spiro atoms. The lowest BCUT2D eigenvalue weighted by atomic mass is 9.72. The van der Waals surface area contributed by atoms with E-state index in [0.29, 0.717) is 0 Å². The third-order valence-corrected chi connectivity index (χ3v) is 4.66. The maximum Gasteiger partial charge on any atom is 0.0271 e. The van der Waals surface area contributed by atoms with E-state index in [1.54, 1.807) is 0 Å². The molecule has 0 unspecified atom stereocenters. The molecule has 0 radical (unpaired) electrons. The maximum absolute atomic E-state index is 4.35. The van der Waals surface area contributed by atoms with Crippen molar-refractivity contribution >= 4 is 0 Å². The summed E-state index contributed by atoms with van der Waals surface area (Å²) in [4.78, 5) is 0. The summed E-state index contributed by atoms with van der Waals surface area (Å²) in [5, 5.41) is 0. The highest BCUT2D eigenvalue weighted by molar-refractivity contribution is 5.49. The first kappa shape index (κ1) is 17.0. The zero-order chi connectivity index (χ0) is 16.7. The van der Waals surface area contributed by atoms with Crippen LogP contribution in [-0.2, 0) is 12.8 Å². The van der Waals surface area contributed by atoms with Crippen LogP contribution in [0.5, 0.6) is 0 Å². The van der Waals surface area contributed by atoms with Crippen LogP contribution in [0.25, 0.3) is 0 Å². The van der Waals surface area contributed by atoms with Gasteiger partial charge in [-0.25, -0.2) is 0 Å². The highest BCUT2D eigenvalue weighted by atomic mass is 14.4. The van der Waals surface area contributed by atoms with Gasteiger partial charge in [-0.2, -0.15) is 0 Å². The summed E-state index contributed by atoms with van der Waals surface area (Å²) in [6.45, 7) is 16.3. The number of fused-ring (bicyclic) bond motifs is 1. The molecular formula is C23H26. The molecule has 118 valence electrons. The summed E-state index contributed by atoms with van der Waals surface area (Å²) in [7, 11) is 0. The molecule has 0 aliphatic heterocycles. The van der Waals surface area contributed by atoms with Crippen molar-refractivity contribution in [2.45, 2.75) is 25.7 Å². The number of benzene rings is 1. The van der Waals surface area contributed by atoms with Crippen molar-refractivity contribution in [1.82, 2.24) is 0 Å². The van der Waals surface area contributed by atoms with Crippen LogP contribution >= 0.6 is 0 Å². The lowest BCUT2D eigenvalue weighted by Gasteiger charge is -2.31. The van der Waals surface area contributed by atoms with Gasteiger partial charge in [0.05, 0.1) is 0 Å². The molecule has 0 saturated heterocycles. The summed E-state index contributed by atoms with van der Waals surface area (Å²) in [6, 6.07) is 8.62. The second-order valence-electron chi connectivity index (χ2n) is 6.11. The Labute approximate surface area is 140 Å². The van der Waals surface area contributed by atoms with Crippen molar-refractivity contribution in [3.63, 3.8) is 0 Å². The number of hydrogen-bond donors (Lipinski definition) is 0. The summed E-state index contributed by atoms with van der Waals surface area (Å²) in [6.07, 6.45) is 16.2. The molecule has 1 aromatic rings. The van der Waals surface area contributed by atoms with Gasteiger partial charge in [-0.15, -0.1) is 6.58 Å². The third-order valence-electron chi connectivity index (χ3n) is 4.66. The number of unbranched alkanes of at least 4 members (excludes halogenated alkanes) is 1. The molecule has 1 aliphatic rings. The SMILES string of the molecule is C=CCC/C=C\C=C/C(=C)C1(C(=C)C=C)Cc2ccccc2C1. The van der Waals surface area contributed by atoms with Crippen LogP contribution in [0.3, 0.4) is 0 Å². The molecule has 1 aliphatic carbocycles. The highest BCUT2D eigenvalue weighted by Gasteiger charge is 2.39. The second-order valence-corrected chi connectivity index (χ2v) is 6.11. The van der Waals surface area contributed by atoms with E-state index < -0.39 is 0 Å². The number of hydrogen-bond acceptors (Lipinski definition) is 0. The number of allylic oxidation sites excluding steroid dienone is 8. The molecule has 0 nitrogen and oxygen atoms in total. The van der Waals surface area contributed by atoms with Gasteiger partial charge in [0.1, 0.15) is 0 Å². The van der Waals surface area contributed by atoms with Crippen LogP contribution in [0.15, 0.2) is 98.2 Å². The van der Waals surface area contributed by atoms with Gasteiger partial charge < -0.3 is 0 Å². The molecule has 2 rings (SSSR count). The first-order chi connectivity index (χ1) is 11.1. The fourth-order valence-corrected chi connectivity index (χ4v) is 3.19. The Bertz CT molecular complexity index is 642. The Morgan fingerprint density at radius 1 is 0.957 bits per heavy atom. The van der Waals surface area contributed by atoms with Crippen molar-refractivity contribution < 1.29 is 0 Å². The molecule has 23 heavy (non-hydrogen) atoms. The molecule has 0 heterocycles. The van der Waals surface area contributed by atoms with Gasteiger partial charge in [0, 0.05) is 5.41 Å². The number of rotatable bonds is 8. The molecule has 0 bridgehead atoms. The van der Waals surface area contributed by atoms with Gasteiger partial charge in [-0.3, -0.25) is 0 Å². The minimum atomic E-state index is -0.128. The average Bonchev–Trinajstić information content (AvgIpc) is 2.97. The van der Waals surface area contributed by atoms with E-state index >= 15 is 0 Å². The van der Waals surface area contributed by atoms with E-state index in [4.69, 9.17) is 0 Å². The van der Waals surface area contributed by atoms with Crippen molar-refractivity contribution in [1.29, 1.82) is 0 Å². The molecule has 0 fully saturated rings. The van der Waals surface area contributed by atoms with Gasteiger partial charge >= 0.3 is 0 Å². The Morgan fingerprint density at radius 3 is 2.17 bits per heavy atom. The summed E-state index contributed by atoms with van der Waals surface area (Å²) in [5.41, 5.74) is 4.82. The normalized spacial score (nSPS) is 15.7. The Hall–Kier alpha value is -2.34. The van der Waals surface area contributed by atoms with Crippen molar-refractivity contribution in [2.24, 2.45) is 5.41 Å². The fourth-order valence-electron chi connectivity index (χ4n) is 3.19. The predicted octanol–water partition coefficient (Wildman–Crippen LogP) is 6.15. The summed E-state index contributed by atoms with van der Waals surface area (Å²) >= 11 is 0. The largest absolute Gasteiger partial charge is 0.103 e. The lowest BCUT2D eigenvalue weighted by Crippen LogP contribution is -2.24. The summed E-state index contributed by atoms with van der Waals surface area (Å²) < 4.78 is 0. The topological polar surface area (TPSA) is 0 Å². The lowest BCUT2D eigenvalue weighted by molar-refractivity contribution is 0.483. The zero-order valence-corrected chi connectivity index (χ0v) is 13.9. The first-order valence-corrected chi connectivity index (χ1v) is 8.16. The molecule has 0 amide bonds. The van der Waals surface area contributed by atoms with Gasteiger partial charge in [0.25, 0.3) is 0 Å². The van der Waals surface area contributed by atoms with Gasteiger partial charge in [-0.1, -0.05) is 80.5 Å². The quantitative estimate of drug-likeness (QED) is 0.307. The van der Waals surface area contributed by atoms with E-state index in [1.165, 1.54) is 11.1 Å². The Kier molecular flexibility index (Phi) is 5.76. The summed E-state index contributed by atoms with van der Waals surface area (Å²) in [5.74, 6) is 0. The van der Waals surface area contributed by atoms with Gasteiger partial charge in [0.15, 0.2) is 0 Å². The van der Waals surface area contributed by atoms with E-state index in [0.717, 1.165) is 36.8 Å². The third kappa shape index (κ3) is 3.71. The zero-order valence-electron chi connectivity index (χ0n) is 13.9. The van der Waals surface area contributed by atoms with Crippen LogP contribution < -0.4 is 0 Å². The molecule has 0 saturated carbocycles. The minimum absolute atomic E-state index is 0.128. The molecule has 0 aromatic heterocycles. The minimum Gasteiger partial charge on any atom is -0.103 e. The molecule has 0 heteroatoms. The molecular weight excluding hydrogens is 276 g/mol. The average molecular weight is 302 g/mol. The van der Waals surface area contributed by atoms with Crippen LogP contribution in [0, 0.1) is 5.41 Å². The van der Waals surface area contributed by atoms with Crippen LogP contribution in [0.1, 0.15) is 24.0 Å². The molecule has 0 N–H and O–H groups in total. The van der Waals surface area contributed by atoms with Crippen molar-refractivity contribution in [2.75, 3.05) is 0 Å². The fraction of sp³-hybridized carbons (Fsp3) is 0.217. The van der Waals surface area contributed by atoms with Gasteiger partial charge in [0.2, 0.25) is 0 Å². The van der Waals surface area contributed by atoms with Crippen LogP contribution in [0.2, 0.25) is 0 Å². The first-order valence-electron chi connectivity index (χ1n) is 8.16.